The second-order valence-electron chi connectivity index (χ2n) is 4.49. The van der Waals surface area contributed by atoms with E-state index in [4.69, 9.17) is 0 Å². The molecule has 1 N–H and O–H groups in total. The Kier molecular flexibility index (Phi) is 5.61. The minimum absolute atomic E-state index is 0.0545. The average Bonchev–Trinajstić information content (AvgIpc) is 2.45. The molecule has 0 saturated carbocycles. The lowest BCUT2D eigenvalue weighted by molar-refractivity contribution is -0.144. The highest BCUT2D eigenvalue weighted by atomic mass is 19.2. The average molecular weight is 285 g/mol. The molecule has 0 radical (unpaired) electrons. The summed E-state index contributed by atoms with van der Waals surface area (Å²) >= 11 is 0. The monoisotopic (exact) mass is 285 g/mol. The van der Waals surface area contributed by atoms with Crippen molar-refractivity contribution in [3.05, 3.63) is 35.4 Å². The minimum atomic E-state index is -1.11. The Balaban J connectivity index is 2.90. The Labute approximate surface area is 116 Å². The fourth-order valence-corrected chi connectivity index (χ4v) is 1.66. The van der Waals surface area contributed by atoms with Gasteiger partial charge in [0, 0.05) is 5.56 Å². The third-order valence-corrected chi connectivity index (χ3v) is 3.14. The smallest absolute Gasteiger partial charge is 0.328 e. The van der Waals surface area contributed by atoms with Gasteiger partial charge in [-0.1, -0.05) is 20.3 Å². The van der Waals surface area contributed by atoms with Crippen molar-refractivity contribution in [2.45, 2.75) is 26.3 Å². The Hall–Kier alpha value is -1.98. The lowest BCUT2D eigenvalue weighted by Gasteiger charge is -2.21. The summed E-state index contributed by atoms with van der Waals surface area (Å²) in [5.74, 6) is -3.52. The zero-order chi connectivity index (χ0) is 15.3. The summed E-state index contributed by atoms with van der Waals surface area (Å²) in [5.41, 5.74) is -0.0545. The van der Waals surface area contributed by atoms with Gasteiger partial charge in [0.05, 0.1) is 7.11 Å². The zero-order valence-corrected chi connectivity index (χ0v) is 11.6. The number of carbonyl (C=O) groups is 2. The third kappa shape index (κ3) is 3.76. The van der Waals surface area contributed by atoms with Crippen LogP contribution in [0.2, 0.25) is 0 Å². The number of carbonyl (C=O) groups excluding carboxylic acids is 2. The molecular formula is C14H17F2NO3. The first-order valence-electron chi connectivity index (χ1n) is 6.24. The highest BCUT2D eigenvalue weighted by Crippen LogP contribution is 2.12. The number of benzene rings is 1. The molecular weight excluding hydrogens is 268 g/mol. The Bertz CT molecular complexity index is 505. The highest BCUT2D eigenvalue weighted by Gasteiger charge is 2.27. The summed E-state index contributed by atoms with van der Waals surface area (Å²) in [5, 5.41) is 2.48. The van der Waals surface area contributed by atoms with Crippen LogP contribution in [-0.4, -0.2) is 25.0 Å². The van der Waals surface area contributed by atoms with Gasteiger partial charge < -0.3 is 10.1 Å². The molecule has 0 aliphatic carbocycles. The molecule has 2 atom stereocenters. The van der Waals surface area contributed by atoms with Gasteiger partial charge in [0.25, 0.3) is 5.91 Å². The second-order valence-corrected chi connectivity index (χ2v) is 4.49. The van der Waals surface area contributed by atoms with Gasteiger partial charge in [0.1, 0.15) is 6.04 Å². The number of methoxy groups -OCH3 is 1. The van der Waals surface area contributed by atoms with Crippen LogP contribution in [-0.2, 0) is 9.53 Å². The zero-order valence-electron chi connectivity index (χ0n) is 11.6. The van der Waals surface area contributed by atoms with Crippen LogP contribution < -0.4 is 5.32 Å². The number of ether oxygens (including phenoxy) is 1. The van der Waals surface area contributed by atoms with Crippen molar-refractivity contribution in [1.82, 2.24) is 5.32 Å². The van der Waals surface area contributed by atoms with Crippen molar-refractivity contribution in [3.8, 4) is 0 Å². The van der Waals surface area contributed by atoms with E-state index in [9.17, 15) is 18.4 Å². The molecule has 0 aliphatic rings. The molecule has 0 heterocycles. The van der Waals surface area contributed by atoms with Crippen molar-refractivity contribution in [1.29, 1.82) is 0 Å². The number of hydrogen-bond donors (Lipinski definition) is 1. The van der Waals surface area contributed by atoms with E-state index in [1.807, 2.05) is 6.92 Å². The summed E-state index contributed by atoms with van der Waals surface area (Å²) in [4.78, 5) is 23.6. The fourth-order valence-electron chi connectivity index (χ4n) is 1.66. The van der Waals surface area contributed by atoms with E-state index in [1.165, 1.54) is 7.11 Å². The maximum absolute atomic E-state index is 13.1. The molecule has 110 valence electrons. The third-order valence-electron chi connectivity index (χ3n) is 3.14. The predicted molar refractivity (Wildman–Crippen MR) is 69.1 cm³/mol. The molecule has 0 saturated heterocycles. The largest absolute Gasteiger partial charge is 0.467 e. The summed E-state index contributed by atoms with van der Waals surface area (Å²) in [7, 11) is 1.22. The molecule has 1 aromatic rings. The van der Waals surface area contributed by atoms with E-state index in [1.54, 1.807) is 6.92 Å². The van der Waals surface area contributed by atoms with Crippen molar-refractivity contribution >= 4 is 11.9 Å². The van der Waals surface area contributed by atoms with E-state index in [0.717, 1.165) is 18.2 Å². The number of halogens is 2. The Morgan fingerprint density at radius 3 is 2.45 bits per heavy atom. The number of rotatable bonds is 5. The quantitative estimate of drug-likeness (QED) is 0.844. The van der Waals surface area contributed by atoms with Crippen LogP contribution in [0, 0.1) is 17.6 Å². The summed E-state index contributed by atoms with van der Waals surface area (Å²) in [6.45, 7) is 3.65. The molecule has 4 nitrogen and oxygen atoms in total. The molecule has 0 fully saturated rings. The lowest BCUT2D eigenvalue weighted by atomic mass is 9.99. The molecule has 1 amide bonds. The molecule has 1 rings (SSSR count). The van der Waals surface area contributed by atoms with E-state index < -0.39 is 29.6 Å². The van der Waals surface area contributed by atoms with Crippen LogP contribution in [0.3, 0.4) is 0 Å². The van der Waals surface area contributed by atoms with Crippen LogP contribution in [0.25, 0.3) is 0 Å². The maximum atomic E-state index is 13.1. The maximum Gasteiger partial charge on any atom is 0.328 e. The van der Waals surface area contributed by atoms with Crippen molar-refractivity contribution < 1.29 is 23.1 Å². The number of hydrogen-bond acceptors (Lipinski definition) is 3. The first-order valence-corrected chi connectivity index (χ1v) is 6.24. The molecule has 0 aromatic heterocycles. The topological polar surface area (TPSA) is 55.4 Å². The van der Waals surface area contributed by atoms with Gasteiger partial charge >= 0.3 is 5.97 Å². The van der Waals surface area contributed by atoms with Crippen molar-refractivity contribution in [2.75, 3.05) is 7.11 Å². The Morgan fingerprint density at radius 2 is 1.95 bits per heavy atom. The molecule has 0 spiro atoms. The van der Waals surface area contributed by atoms with Crippen LogP contribution in [0.4, 0.5) is 8.78 Å². The SMILES string of the molecule is CC[C@H](C)[C@H](NC(=O)c1ccc(F)c(F)c1)C(=O)OC. The highest BCUT2D eigenvalue weighted by molar-refractivity contribution is 5.96. The molecule has 20 heavy (non-hydrogen) atoms. The number of nitrogens with one attached hydrogen (secondary N) is 1. The van der Waals surface area contributed by atoms with E-state index >= 15 is 0 Å². The summed E-state index contributed by atoms with van der Waals surface area (Å²) in [6, 6.07) is 1.97. The molecule has 0 aliphatic heterocycles. The van der Waals surface area contributed by atoms with Crippen LogP contribution >= 0.6 is 0 Å². The number of amides is 1. The molecule has 0 bridgehead atoms. The van der Waals surface area contributed by atoms with Gasteiger partial charge in [-0.2, -0.15) is 0 Å². The van der Waals surface area contributed by atoms with Gasteiger partial charge in [-0.25, -0.2) is 13.6 Å². The van der Waals surface area contributed by atoms with Gasteiger partial charge in [-0.3, -0.25) is 4.79 Å². The standard InChI is InChI=1S/C14H17F2NO3/c1-4-8(2)12(14(19)20-3)17-13(18)9-5-6-10(15)11(16)7-9/h5-8,12H,4H2,1-3H3,(H,17,18)/t8-,12-/m0/s1. The van der Waals surface area contributed by atoms with Gasteiger partial charge in [0.2, 0.25) is 0 Å². The van der Waals surface area contributed by atoms with Crippen LogP contribution in [0.15, 0.2) is 18.2 Å². The first kappa shape index (κ1) is 16.1. The van der Waals surface area contributed by atoms with Crippen molar-refractivity contribution in [2.24, 2.45) is 5.92 Å². The minimum Gasteiger partial charge on any atom is -0.467 e. The molecule has 0 unspecified atom stereocenters. The summed E-state index contributed by atoms with van der Waals surface area (Å²) in [6.07, 6.45) is 0.651. The van der Waals surface area contributed by atoms with Gasteiger partial charge in [-0.15, -0.1) is 0 Å². The van der Waals surface area contributed by atoms with Crippen molar-refractivity contribution in [3.63, 3.8) is 0 Å². The fraction of sp³-hybridized carbons (Fsp3) is 0.429. The first-order chi connectivity index (χ1) is 9.40. The molecule has 6 heteroatoms. The van der Waals surface area contributed by atoms with Gasteiger partial charge in [0.15, 0.2) is 11.6 Å². The van der Waals surface area contributed by atoms with Crippen LogP contribution in [0.5, 0.6) is 0 Å². The lowest BCUT2D eigenvalue weighted by Crippen LogP contribution is -2.45. The summed E-state index contributed by atoms with van der Waals surface area (Å²) < 4.78 is 30.5. The second kappa shape index (κ2) is 6.98. The Morgan fingerprint density at radius 1 is 1.30 bits per heavy atom. The predicted octanol–water partition coefficient (Wildman–Crippen LogP) is 2.28. The number of esters is 1. The van der Waals surface area contributed by atoms with E-state index in [-0.39, 0.29) is 11.5 Å². The normalized spacial score (nSPS) is 13.4. The van der Waals surface area contributed by atoms with E-state index in [2.05, 4.69) is 10.1 Å². The van der Waals surface area contributed by atoms with E-state index in [0.29, 0.717) is 6.42 Å². The molecule has 1 aromatic carbocycles. The van der Waals surface area contributed by atoms with Crippen LogP contribution in [0.1, 0.15) is 30.6 Å². The van der Waals surface area contributed by atoms with Gasteiger partial charge in [-0.05, 0) is 24.1 Å².